The Morgan fingerprint density at radius 2 is 0.686 bits per heavy atom. The maximum Gasteiger partial charge on any atom is 0.195 e. The smallest absolute Gasteiger partial charge is 0.195 e. The first-order chi connectivity index (χ1) is 16.2. The highest BCUT2D eigenvalue weighted by Crippen LogP contribution is 2.44. The van der Waals surface area contributed by atoms with E-state index in [0.717, 1.165) is 20.8 Å². The van der Waals surface area contributed by atoms with Crippen molar-refractivity contribution < 1.29 is 52.7 Å². The number of hydrogen-bond acceptors (Lipinski definition) is 0. The van der Waals surface area contributed by atoms with Gasteiger partial charge in [-0.3, -0.25) is 0 Å². The molecular formula is C23H12F12. The molecule has 0 unspecified atom stereocenters. The minimum atomic E-state index is -2.80. The summed E-state index contributed by atoms with van der Waals surface area (Å²) in [7, 11) is 0. The molecule has 0 aliphatic heterocycles. The Balaban J connectivity index is 2.57. The van der Waals surface area contributed by atoms with Crippen LogP contribution in [0.5, 0.6) is 0 Å². The molecule has 0 aliphatic carbocycles. The average molecular weight is 516 g/mol. The van der Waals surface area contributed by atoms with Gasteiger partial charge in [-0.1, -0.05) is 20.8 Å². The average Bonchev–Trinajstić information content (AvgIpc) is 2.79. The maximum absolute atomic E-state index is 15.2. The van der Waals surface area contributed by atoms with E-state index in [9.17, 15) is 48.3 Å². The minimum absolute atomic E-state index is 0.642. The normalized spacial score (nSPS) is 11.7. The Bertz CT molecular complexity index is 1320. The highest BCUT2D eigenvalue weighted by molar-refractivity contribution is 5.77. The summed E-state index contributed by atoms with van der Waals surface area (Å²) >= 11 is 0. The first-order valence-corrected chi connectivity index (χ1v) is 9.77. The Kier molecular flexibility index (Phi) is 6.89. The topological polar surface area (TPSA) is 0 Å². The Hall–Kier alpha value is -3.18. The van der Waals surface area contributed by atoms with Crippen molar-refractivity contribution in [3.8, 4) is 22.3 Å². The molecule has 0 heterocycles. The van der Waals surface area contributed by atoms with Gasteiger partial charge >= 0.3 is 0 Å². The summed E-state index contributed by atoms with van der Waals surface area (Å²) in [5.41, 5.74) is -11.4. The second-order valence-electron chi connectivity index (χ2n) is 7.67. The zero-order valence-corrected chi connectivity index (χ0v) is 17.8. The van der Waals surface area contributed by atoms with Crippen molar-refractivity contribution in [2.45, 2.75) is 33.1 Å². The lowest BCUT2D eigenvalue weighted by Crippen LogP contribution is -2.13. The molecule has 0 atom stereocenters. The fourth-order valence-corrected chi connectivity index (χ4v) is 3.65. The van der Waals surface area contributed by atoms with Crippen LogP contribution in [-0.2, 0) is 6.42 Å². The van der Waals surface area contributed by atoms with Crippen molar-refractivity contribution in [3.63, 3.8) is 0 Å². The van der Waals surface area contributed by atoms with Gasteiger partial charge in [0.05, 0.1) is 22.3 Å². The van der Waals surface area contributed by atoms with Crippen LogP contribution in [-0.4, -0.2) is 0 Å². The maximum atomic E-state index is 15.2. The van der Waals surface area contributed by atoms with E-state index in [0.29, 0.717) is 0 Å². The molecule has 3 aromatic rings. The zero-order chi connectivity index (χ0) is 26.7. The van der Waals surface area contributed by atoms with Crippen molar-refractivity contribution in [3.05, 3.63) is 80.9 Å². The molecular weight excluding hydrogens is 504 g/mol. The Morgan fingerprint density at radius 3 is 1.00 bits per heavy atom. The zero-order valence-electron chi connectivity index (χ0n) is 17.8. The lowest BCUT2D eigenvalue weighted by Gasteiger charge is -2.18. The van der Waals surface area contributed by atoms with Gasteiger partial charge in [0, 0.05) is 11.1 Å². The third-order valence-corrected chi connectivity index (χ3v) is 5.35. The predicted octanol–water partition coefficient (Wildman–Crippen LogP) is 8.38. The molecule has 3 rings (SSSR count). The molecule has 0 radical (unpaired) electrons. The third-order valence-electron chi connectivity index (χ3n) is 5.35. The molecule has 0 saturated carbocycles. The van der Waals surface area contributed by atoms with E-state index in [2.05, 4.69) is 0 Å². The molecule has 0 amide bonds. The van der Waals surface area contributed by atoms with Gasteiger partial charge in [-0.25, -0.2) is 52.7 Å². The van der Waals surface area contributed by atoms with E-state index in [1.165, 1.54) is 0 Å². The monoisotopic (exact) mass is 516 g/mol. The van der Waals surface area contributed by atoms with Gasteiger partial charge in [-0.2, -0.15) is 0 Å². The number of halogens is 12. The highest BCUT2D eigenvalue weighted by atomic mass is 19.2. The van der Waals surface area contributed by atoms with Gasteiger partial charge in [0.25, 0.3) is 0 Å². The summed E-state index contributed by atoms with van der Waals surface area (Å²) in [6, 6.07) is 0. The standard InChI is InChI=1S/C23H12F12/c1-4-6-12(24)17(29)10(18(30)13(6)25)8-14(26)9(22(34)23(35)21(8)33)11-19(31)15(27)7(5(2)3)16(28)20(11)32/h5H,4H2,1-3H3. The first kappa shape index (κ1) is 26.4. The number of rotatable bonds is 4. The Labute approximate surface area is 189 Å². The minimum Gasteiger partial charge on any atom is -0.205 e. The summed E-state index contributed by atoms with van der Waals surface area (Å²) in [5, 5.41) is 0. The predicted molar refractivity (Wildman–Crippen MR) is 100 cm³/mol. The van der Waals surface area contributed by atoms with Gasteiger partial charge in [0.15, 0.2) is 64.0 Å². The van der Waals surface area contributed by atoms with Crippen LogP contribution in [0.15, 0.2) is 0 Å². The highest BCUT2D eigenvalue weighted by Gasteiger charge is 2.37. The molecule has 0 fully saturated rings. The summed E-state index contributed by atoms with van der Waals surface area (Å²) < 4.78 is 174. The molecule has 0 nitrogen and oxygen atoms in total. The summed E-state index contributed by atoms with van der Waals surface area (Å²) in [6.07, 6.45) is -0.642. The second-order valence-corrected chi connectivity index (χ2v) is 7.67. The molecule has 12 heteroatoms. The van der Waals surface area contributed by atoms with Crippen LogP contribution < -0.4 is 0 Å². The quantitative estimate of drug-likeness (QED) is 0.186. The number of hydrogen-bond donors (Lipinski definition) is 0. The van der Waals surface area contributed by atoms with Crippen LogP contribution in [0.2, 0.25) is 0 Å². The van der Waals surface area contributed by atoms with Crippen LogP contribution in [0.25, 0.3) is 22.3 Å². The number of benzene rings is 3. The fourth-order valence-electron chi connectivity index (χ4n) is 3.65. The van der Waals surface area contributed by atoms with E-state index in [-0.39, 0.29) is 0 Å². The van der Waals surface area contributed by atoms with Gasteiger partial charge < -0.3 is 0 Å². The largest absolute Gasteiger partial charge is 0.205 e. The van der Waals surface area contributed by atoms with E-state index in [4.69, 9.17) is 0 Å². The first-order valence-electron chi connectivity index (χ1n) is 9.77. The molecule has 188 valence electrons. The lowest BCUT2D eigenvalue weighted by molar-refractivity contribution is 0.421. The summed E-state index contributed by atoms with van der Waals surface area (Å²) in [6.45, 7) is 3.27. The van der Waals surface area contributed by atoms with Gasteiger partial charge in [0.1, 0.15) is 5.82 Å². The third kappa shape index (κ3) is 3.73. The van der Waals surface area contributed by atoms with Crippen LogP contribution in [0.4, 0.5) is 52.7 Å². The van der Waals surface area contributed by atoms with Crippen molar-refractivity contribution in [2.75, 3.05) is 0 Å². The molecule has 0 spiro atoms. The second kappa shape index (κ2) is 9.12. The van der Waals surface area contributed by atoms with Gasteiger partial charge in [0.2, 0.25) is 0 Å². The van der Waals surface area contributed by atoms with Crippen LogP contribution in [0.3, 0.4) is 0 Å². The van der Waals surface area contributed by atoms with Gasteiger partial charge in [-0.15, -0.1) is 0 Å². The van der Waals surface area contributed by atoms with Crippen LogP contribution >= 0.6 is 0 Å². The Morgan fingerprint density at radius 1 is 0.400 bits per heavy atom. The van der Waals surface area contributed by atoms with E-state index >= 15 is 4.39 Å². The van der Waals surface area contributed by atoms with E-state index < -0.39 is 116 Å². The van der Waals surface area contributed by atoms with Crippen molar-refractivity contribution in [1.29, 1.82) is 0 Å². The molecule has 0 N–H and O–H groups in total. The molecule has 0 bridgehead atoms. The molecule has 35 heavy (non-hydrogen) atoms. The van der Waals surface area contributed by atoms with Crippen LogP contribution in [0, 0.1) is 69.8 Å². The van der Waals surface area contributed by atoms with Gasteiger partial charge in [-0.05, 0) is 12.3 Å². The van der Waals surface area contributed by atoms with Crippen LogP contribution in [0.1, 0.15) is 37.8 Å². The molecule has 0 aromatic heterocycles. The molecule has 3 aromatic carbocycles. The molecule has 0 aliphatic rings. The lowest BCUT2D eigenvalue weighted by atomic mass is 9.91. The van der Waals surface area contributed by atoms with E-state index in [1.54, 1.807) is 0 Å². The van der Waals surface area contributed by atoms with E-state index in [1.807, 2.05) is 0 Å². The summed E-state index contributed by atoms with van der Waals surface area (Å²) in [5.74, 6) is -30.5. The van der Waals surface area contributed by atoms with Crippen molar-refractivity contribution in [1.82, 2.24) is 0 Å². The van der Waals surface area contributed by atoms with Crippen molar-refractivity contribution >= 4 is 0 Å². The summed E-state index contributed by atoms with van der Waals surface area (Å²) in [4.78, 5) is 0. The SMILES string of the molecule is CCc1c(F)c(F)c(-c2c(F)c(F)c(F)c(-c3c(F)c(F)c(C(C)C)c(F)c3F)c2F)c(F)c1F. The van der Waals surface area contributed by atoms with Crippen molar-refractivity contribution in [2.24, 2.45) is 0 Å². The molecule has 0 saturated heterocycles. The fraction of sp³-hybridized carbons (Fsp3) is 0.217.